The molecule has 2 aliphatic heterocycles. The van der Waals surface area contributed by atoms with E-state index in [0.717, 1.165) is 11.3 Å². The first-order chi connectivity index (χ1) is 32.1. The number of carboxylic acid groups (broad SMARTS) is 1. The van der Waals surface area contributed by atoms with Gasteiger partial charge in [0.2, 0.25) is 29.5 Å². The van der Waals surface area contributed by atoms with E-state index in [1.807, 2.05) is 41.5 Å². The van der Waals surface area contributed by atoms with Crippen LogP contribution in [-0.2, 0) is 54.3 Å². The molecule has 17 nitrogen and oxygen atoms in total. The Kier molecular flexibility index (Phi) is 20.3. The first-order valence-electron chi connectivity index (χ1n) is 24.1. The highest BCUT2D eigenvalue weighted by Gasteiger charge is 2.57. The van der Waals surface area contributed by atoms with E-state index in [9.17, 15) is 47.9 Å². The van der Waals surface area contributed by atoms with Crippen LogP contribution in [0.5, 0.6) is 0 Å². The van der Waals surface area contributed by atoms with Crippen LogP contribution < -0.4 is 10.6 Å². The average Bonchev–Trinajstić information content (AvgIpc) is 3.84. The summed E-state index contributed by atoms with van der Waals surface area (Å²) in [4.78, 5) is 112. The van der Waals surface area contributed by atoms with Gasteiger partial charge >= 0.3 is 5.97 Å². The molecule has 11 atom stereocenters. The van der Waals surface area contributed by atoms with E-state index in [1.54, 1.807) is 36.9 Å². The number of imide groups is 1. The first-order valence-corrected chi connectivity index (χ1v) is 24.1. The number of ether oxygens (including phenoxy) is 2. The number of nitrogens with one attached hydrogen (secondary N) is 2. The summed E-state index contributed by atoms with van der Waals surface area (Å²) >= 11 is 0. The van der Waals surface area contributed by atoms with Crippen LogP contribution in [0.15, 0.2) is 36.4 Å². The molecule has 2 fully saturated rings. The van der Waals surface area contributed by atoms with Crippen molar-refractivity contribution in [3.05, 3.63) is 47.8 Å². The number of halogens is 1. The third-order valence-electron chi connectivity index (χ3n) is 14.2. The Morgan fingerprint density at radius 3 is 2.06 bits per heavy atom. The largest absolute Gasteiger partial charge is 0.480 e. The lowest BCUT2D eigenvalue weighted by molar-refractivity contribution is -0.149. The minimum Gasteiger partial charge on any atom is -0.480 e. The second-order valence-electron chi connectivity index (χ2n) is 19.6. The Hall–Kier alpha value is -5.23. The van der Waals surface area contributed by atoms with E-state index in [-0.39, 0.29) is 90.6 Å². The maximum atomic E-state index is 14.6. The molecule has 2 heterocycles. The van der Waals surface area contributed by atoms with Crippen molar-refractivity contribution < 1.29 is 57.3 Å². The summed E-state index contributed by atoms with van der Waals surface area (Å²) in [6.07, 6.45) is 4.31. The van der Waals surface area contributed by atoms with Gasteiger partial charge in [0.25, 0.3) is 11.8 Å². The molecule has 1 aromatic carbocycles. The summed E-state index contributed by atoms with van der Waals surface area (Å²) in [6.45, 7) is 13.1. The number of unbranched alkanes of at least 4 members (excludes halogenated alkanes) is 2. The molecule has 4 rings (SSSR count). The van der Waals surface area contributed by atoms with Gasteiger partial charge in [0.05, 0.1) is 36.6 Å². The predicted octanol–water partition coefficient (Wildman–Crippen LogP) is 3.97. The zero-order valence-electron chi connectivity index (χ0n) is 41.7. The number of likely N-dealkylation sites (N-methyl/N-ethyl adjacent to an activating group) is 2. The van der Waals surface area contributed by atoms with Gasteiger partial charge in [-0.3, -0.25) is 38.5 Å². The molecule has 1 aromatic rings. The summed E-state index contributed by atoms with van der Waals surface area (Å²) in [6, 6.07) is 1.30. The lowest BCUT2D eigenvalue weighted by Crippen LogP contribution is -2.60. The molecule has 0 radical (unpaired) electrons. The summed E-state index contributed by atoms with van der Waals surface area (Å²) in [5.41, 5.74) is 0.147. The fourth-order valence-electron chi connectivity index (χ4n) is 10.00. The van der Waals surface area contributed by atoms with E-state index < -0.39 is 71.9 Å². The molecule has 1 aliphatic carbocycles. The quantitative estimate of drug-likeness (QED) is 0.0849. The van der Waals surface area contributed by atoms with Crippen LogP contribution in [0.2, 0.25) is 0 Å². The van der Waals surface area contributed by atoms with E-state index in [1.165, 1.54) is 49.5 Å². The molecule has 3 unspecified atom stereocenters. The normalized spacial score (nSPS) is 21.1. The second-order valence-corrected chi connectivity index (χ2v) is 19.6. The minimum atomic E-state index is -1.40. The van der Waals surface area contributed by atoms with E-state index in [0.29, 0.717) is 32.1 Å². The summed E-state index contributed by atoms with van der Waals surface area (Å²) < 4.78 is 26.4. The standard InChI is InChI=1S/C50H75FN6O11/c1-12-30(6)45(55(9)49(64)43(28(2)3)53-48(63)44(29(4)5)54(8)39(58)20-14-13-17-23-56-40(59)21-22-41(56)60)38(67-10)27-42(61)57-36-25-33(36)26-37(57)46(68-11)31(7)47(62)52-35(50(65)66)24-32-18-15-16-19-34(32)51/h15-16,18-19,21-22,28-31,33,35-38,43-46H,12-14,17,20,23-27H2,1-11H3,(H,52,62)(H,53,63)(H,65,66)/t30-,31+,33-,35?,36-,37-,38+,43?,44?,45-,46+/m0/s1. The highest BCUT2D eigenvalue weighted by Crippen LogP contribution is 2.50. The first kappa shape index (κ1) is 55.4. The number of fused-ring (bicyclic) bond motifs is 1. The fourth-order valence-corrected chi connectivity index (χ4v) is 10.00. The van der Waals surface area contributed by atoms with Crippen molar-refractivity contribution in [2.24, 2.45) is 29.6 Å². The summed E-state index contributed by atoms with van der Waals surface area (Å²) in [5, 5.41) is 15.5. The van der Waals surface area contributed by atoms with E-state index in [4.69, 9.17) is 9.47 Å². The van der Waals surface area contributed by atoms with Gasteiger partial charge in [-0.2, -0.15) is 0 Å². The Morgan fingerprint density at radius 1 is 0.853 bits per heavy atom. The number of hydrogen-bond acceptors (Lipinski definition) is 10. The van der Waals surface area contributed by atoms with Crippen LogP contribution >= 0.6 is 0 Å². The van der Waals surface area contributed by atoms with Crippen LogP contribution in [0.3, 0.4) is 0 Å². The Balaban J connectivity index is 1.44. The molecular formula is C50H75FN6O11. The number of carbonyl (C=O) groups excluding carboxylic acids is 7. The van der Waals surface area contributed by atoms with Crippen LogP contribution in [0.4, 0.5) is 4.39 Å². The third-order valence-corrected chi connectivity index (χ3v) is 14.2. The van der Waals surface area contributed by atoms with Crippen molar-refractivity contribution in [3.63, 3.8) is 0 Å². The smallest absolute Gasteiger partial charge is 0.326 e. The van der Waals surface area contributed by atoms with Crippen molar-refractivity contribution in [1.29, 1.82) is 0 Å². The Labute approximate surface area is 400 Å². The fraction of sp³-hybridized carbons (Fsp3) is 0.680. The van der Waals surface area contributed by atoms with Gasteiger partial charge in [-0.05, 0) is 61.0 Å². The number of aliphatic carboxylic acids is 1. The number of nitrogens with zero attached hydrogens (tertiary/aromatic N) is 4. The van der Waals surface area contributed by atoms with Gasteiger partial charge in [0, 0.05) is 65.9 Å². The number of rotatable bonds is 27. The molecule has 18 heteroatoms. The lowest BCUT2D eigenvalue weighted by atomic mass is 9.89. The number of amides is 7. The topological polar surface area (TPSA) is 212 Å². The molecular weight excluding hydrogens is 880 g/mol. The average molecular weight is 955 g/mol. The third kappa shape index (κ3) is 13.5. The number of likely N-dealkylation sites (tertiary alicyclic amines) is 1. The van der Waals surface area contributed by atoms with Gasteiger partial charge in [0.1, 0.15) is 23.9 Å². The Bertz CT molecular complexity index is 2000. The van der Waals surface area contributed by atoms with Crippen LogP contribution in [0.1, 0.15) is 105 Å². The van der Waals surface area contributed by atoms with Gasteiger partial charge in [-0.25, -0.2) is 9.18 Å². The number of carboxylic acids is 1. The molecule has 3 aliphatic rings. The lowest BCUT2D eigenvalue weighted by Gasteiger charge is -2.41. The van der Waals surface area contributed by atoms with Crippen LogP contribution in [0.25, 0.3) is 0 Å². The molecule has 1 saturated heterocycles. The molecule has 0 aromatic heterocycles. The summed E-state index contributed by atoms with van der Waals surface area (Å²) in [5.74, 6) is -6.07. The molecule has 1 saturated carbocycles. The minimum absolute atomic E-state index is 0.0805. The van der Waals surface area contributed by atoms with Crippen molar-refractivity contribution >= 4 is 47.3 Å². The van der Waals surface area contributed by atoms with Crippen molar-refractivity contribution in [2.75, 3.05) is 34.9 Å². The van der Waals surface area contributed by atoms with Crippen molar-refractivity contribution in [3.8, 4) is 0 Å². The maximum absolute atomic E-state index is 14.6. The summed E-state index contributed by atoms with van der Waals surface area (Å²) in [7, 11) is 6.16. The monoisotopic (exact) mass is 955 g/mol. The molecule has 3 N–H and O–H groups in total. The van der Waals surface area contributed by atoms with Crippen molar-refractivity contribution in [2.45, 2.75) is 155 Å². The SMILES string of the molecule is CC[C@H](C)[C@@H]([C@@H](CC(=O)N1[C@H]2C[C@H]2C[C@H]1[C@H](OC)[C@@H](C)C(=O)NC(Cc1ccccc1F)C(=O)O)OC)N(C)C(=O)C(NC(=O)C(C(C)C)N(C)C(=O)CCCCCN1C(=O)C=CC1=O)C(C)C. The highest BCUT2D eigenvalue weighted by molar-refractivity contribution is 6.12. The highest BCUT2D eigenvalue weighted by atomic mass is 19.1. The Morgan fingerprint density at radius 2 is 1.50 bits per heavy atom. The zero-order valence-corrected chi connectivity index (χ0v) is 41.7. The second kappa shape index (κ2) is 24.9. The van der Waals surface area contributed by atoms with E-state index in [2.05, 4.69) is 10.6 Å². The molecule has 68 heavy (non-hydrogen) atoms. The number of hydrogen-bond donors (Lipinski definition) is 3. The van der Waals surface area contributed by atoms with Crippen molar-refractivity contribution in [1.82, 2.24) is 30.2 Å². The van der Waals surface area contributed by atoms with E-state index >= 15 is 0 Å². The van der Waals surface area contributed by atoms with Gasteiger partial charge in [-0.15, -0.1) is 0 Å². The molecule has 378 valence electrons. The number of carbonyl (C=O) groups is 8. The number of benzene rings is 1. The number of piperidine rings is 1. The maximum Gasteiger partial charge on any atom is 0.326 e. The zero-order chi connectivity index (χ0) is 50.7. The molecule has 0 spiro atoms. The van der Waals surface area contributed by atoms with Crippen LogP contribution in [-0.4, -0.2) is 155 Å². The predicted molar refractivity (Wildman–Crippen MR) is 251 cm³/mol. The molecule has 0 bridgehead atoms. The number of methoxy groups -OCH3 is 2. The van der Waals surface area contributed by atoms with Gasteiger partial charge in [-0.1, -0.05) is 79.5 Å². The van der Waals surface area contributed by atoms with Gasteiger partial charge in [0.15, 0.2) is 0 Å². The van der Waals surface area contributed by atoms with Crippen LogP contribution in [0, 0.1) is 35.4 Å². The molecule has 7 amide bonds. The van der Waals surface area contributed by atoms with Gasteiger partial charge < -0.3 is 39.9 Å².